The lowest BCUT2D eigenvalue weighted by atomic mass is 9.98. The molecule has 1 aromatic heterocycles. The quantitative estimate of drug-likeness (QED) is 0.725. The Bertz CT molecular complexity index is 953. The first-order chi connectivity index (χ1) is 13.1. The van der Waals surface area contributed by atoms with Gasteiger partial charge in [0.15, 0.2) is 0 Å². The standard InChI is InChI=1S/C22H25N3O2/c1-23-21(26)17-10-8-16(9-11-17)20-24-18-6-2-3-7-19(18)25(20)15-14-22(27)12-4-5-13-22/h2-3,6-11,27H,4-5,12-15H2,1H3,(H,23,26). The van der Waals surface area contributed by atoms with Crippen LogP contribution < -0.4 is 5.32 Å². The van der Waals surface area contributed by atoms with Crippen molar-refractivity contribution in [1.29, 1.82) is 0 Å². The van der Waals surface area contributed by atoms with Crippen molar-refractivity contribution in [2.75, 3.05) is 7.05 Å². The summed E-state index contributed by atoms with van der Waals surface area (Å²) in [5.41, 5.74) is 3.07. The second-order valence-corrected chi connectivity index (χ2v) is 7.41. The molecule has 2 N–H and O–H groups in total. The van der Waals surface area contributed by atoms with E-state index >= 15 is 0 Å². The highest BCUT2D eigenvalue weighted by Gasteiger charge is 2.31. The van der Waals surface area contributed by atoms with Crippen molar-refractivity contribution in [3.05, 3.63) is 54.1 Å². The largest absolute Gasteiger partial charge is 0.390 e. The number of imidazole rings is 1. The molecule has 1 heterocycles. The number of carbonyl (C=O) groups excluding carboxylic acids is 1. The topological polar surface area (TPSA) is 67.2 Å². The maximum Gasteiger partial charge on any atom is 0.251 e. The fraction of sp³-hybridized carbons (Fsp3) is 0.364. The fourth-order valence-corrected chi connectivity index (χ4v) is 4.04. The number of amides is 1. The first-order valence-corrected chi connectivity index (χ1v) is 9.60. The van der Waals surface area contributed by atoms with Crippen LogP contribution in [-0.4, -0.2) is 33.2 Å². The van der Waals surface area contributed by atoms with Crippen molar-refractivity contribution in [2.45, 2.75) is 44.2 Å². The van der Waals surface area contributed by atoms with Gasteiger partial charge in [-0.3, -0.25) is 4.79 Å². The molecule has 5 heteroatoms. The smallest absolute Gasteiger partial charge is 0.251 e. The Labute approximate surface area is 159 Å². The lowest BCUT2D eigenvalue weighted by Crippen LogP contribution is -2.26. The van der Waals surface area contributed by atoms with Gasteiger partial charge in [0.25, 0.3) is 5.91 Å². The maximum atomic E-state index is 11.8. The summed E-state index contributed by atoms with van der Waals surface area (Å²) in [5.74, 6) is 0.778. The van der Waals surface area contributed by atoms with E-state index in [-0.39, 0.29) is 5.91 Å². The van der Waals surface area contributed by atoms with Crippen LogP contribution in [0.2, 0.25) is 0 Å². The summed E-state index contributed by atoms with van der Waals surface area (Å²) in [4.78, 5) is 16.6. The van der Waals surface area contributed by atoms with E-state index in [2.05, 4.69) is 16.0 Å². The van der Waals surface area contributed by atoms with Crippen molar-refractivity contribution in [3.63, 3.8) is 0 Å². The highest BCUT2D eigenvalue weighted by molar-refractivity contribution is 5.94. The van der Waals surface area contributed by atoms with E-state index in [0.29, 0.717) is 5.56 Å². The average Bonchev–Trinajstić information content (AvgIpc) is 3.30. The molecule has 3 aromatic rings. The Morgan fingerprint density at radius 1 is 1.15 bits per heavy atom. The molecule has 140 valence electrons. The molecule has 27 heavy (non-hydrogen) atoms. The third-order valence-electron chi connectivity index (χ3n) is 5.62. The minimum absolute atomic E-state index is 0.0986. The molecule has 5 nitrogen and oxygen atoms in total. The Kier molecular flexibility index (Phi) is 4.70. The van der Waals surface area contributed by atoms with Crippen LogP contribution in [0.4, 0.5) is 0 Å². The summed E-state index contributed by atoms with van der Waals surface area (Å²) in [7, 11) is 1.63. The fourth-order valence-electron chi connectivity index (χ4n) is 4.04. The second kappa shape index (κ2) is 7.16. The van der Waals surface area contributed by atoms with Gasteiger partial charge in [0.05, 0.1) is 16.6 Å². The van der Waals surface area contributed by atoms with Crippen LogP contribution >= 0.6 is 0 Å². The van der Waals surface area contributed by atoms with E-state index in [9.17, 15) is 9.90 Å². The Balaban J connectivity index is 1.70. The number of aliphatic hydroxyl groups is 1. The molecule has 4 rings (SSSR count). The summed E-state index contributed by atoms with van der Waals surface area (Å²) in [6, 6.07) is 15.6. The number of benzene rings is 2. The Morgan fingerprint density at radius 3 is 2.56 bits per heavy atom. The average molecular weight is 363 g/mol. The van der Waals surface area contributed by atoms with Gasteiger partial charge in [-0.1, -0.05) is 37.1 Å². The second-order valence-electron chi connectivity index (χ2n) is 7.41. The minimum Gasteiger partial charge on any atom is -0.390 e. The molecule has 0 spiro atoms. The van der Waals surface area contributed by atoms with Crippen LogP contribution in [0.3, 0.4) is 0 Å². The van der Waals surface area contributed by atoms with E-state index in [1.165, 1.54) is 0 Å². The van der Waals surface area contributed by atoms with E-state index in [1.54, 1.807) is 7.05 Å². The minimum atomic E-state index is -0.550. The molecule has 1 fully saturated rings. The van der Waals surface area contributed by atoms with Crippen molar-refractivity contribution in [1.82, 2.24) is 14.9 Å². The summed E-state index contributed by atoms with van der Waals surface area (Å²) < 4.78 is 2.19. The van der Waals surface area contributed by atoms with Crippen LogP contribution in [-0.2, 0) is 6.54 Å². The number of nitrogens with one attached hydrogen (secondary N) is 1. The van der Waals surface area contributed by atoms with Crippen molar-refractivity contribution in [3.8, 4) is 11.4 Å². The van der Waals surface area contributed by atoms with Gasteiger partial charge in [-0.2, -0.15) is 0 Å². The van der Waals surface area contributed by atoms with Gasteiger partial charge in [0.1, 0.15) is 5.82 Å². The lowest BCUT2D eigenvalue weighted by molar-refractivity contribution is 0.0349. The van der Waals surface area contributed by atoms with Gasteiger partial charge >= 0.3 is 0 Å². The Hall–Kier alpha value is -2.66. The zero-order valence-corrected chi connectivity index (χ0v) is 15.6. The molecular weight excluding hydrogens is 338 g/mol. The summed E-state index contributed by atoms with van der Waals surface area (Å²) in [6.07, 6.45) is 4.71. The molecular formula is C22H25N3O2. The molecule has 0 bridgehead atoms. The monoisotopic (exact) mass is 363 g/mol. The normalized spacial score (nSPS) is 15.9. The maximum absolute atomic E-state index is 11.8. The molecule has 0 unspecified atom stereocenters. The lowest BCUT2D eigenvalue weighted by Gasteiger charge is -2.23. The first kappa shape index (κ1) is 17.7. The number of para-hydroxylation sites is 2. The highest BCUT2D eigenvalue weighted by Crippen LogP contribution is 2.34. The molecule has 1 aliphatic rings. The van der Waals surface area contributed by atoms with Crippen LogP contribution in [0.15, 0.2) is 48.5 Å². The third-order valence-corrected chi connectivity index (χ3v) is 5.62. The number of nitrogens with zero attached hydrogens (tertiary/aromatic N) is 2. The van der Waals surface area contributed by atoms with Crippen LogP contribution in [0.1, 0.15) is 42.5 Å². The van der Waals surface area contributed by atoms with Crippen molar-refractivity contribution in [2.24, 2.45) is 0 Å². The van der Waals surface area contributed by atoms with Gasteiger partial charge < -0.3 is 15.0 Å². The van der Waals surface area contributed by atoms with Gasteiger partial charge in [-0.15, -0.1) is 0 Å². The highest BCUT2D eigenvalue weighted by atomic mass is 16.3. The zero-order valence-electron chi connectivity index (χ0n) is 15.6. The van der Waals surface area contributed by atoms with E-state index < -0.39 is 5.60 Å². The number of rotatable bonds is 5. The van der Waals surface area contributed by atoms with E-state index in [1.807, 2.05) is 42.5 Å². The summed E-state index contributed by atoms with van der Waals surface area (Å²) >= 11 is 0. The molecule has 0 aliphatic heterocycles. The molecule has 1 saturated carbocycles. The molecule has 1 aliphatic carbocycles. The molecule has 1 amide bonds. The predicted molar refractivity (Wildman–Crippen MR) is 107 cm³/mol. The SMILES string of the molecule is CNC(=O)c1ccc(-c2nc3ccccc3n2CCC2(O)CCCC2)cc1. The number of carbonyl (C=O) groups is 1. The summed E-state index contributed by atoms with van der Waals surface area (Å²) in [5, 5.41) is 13.4. The number of aryl methyl sites for hydroxylation is 1. The van der Waals surface area contributed by atoms with Crippen molar-refractivity contribution < 1.29 is 9.90 Å². The molecule has 0 saturated heterocycles. The van der Waals surface area contributed by atoms with E-state index in [4.69, 9.17) is 4.98 Å². The van der Waals surface area contributed by atoms with Crippen LogP contribution in [0.5, 0.6) is 0 Å². The predicted octanol–water partition coefficient (Wildman–Crippen LogP) is 3.76. The first-order valence-electron chi connectivity index (χ1n) is 9.60. The number of aromatic nitrogens is 2. The Morgan fingerprint density at radius 2 is 1.85 bits per heavy atom. The number of fused-ring (bicyclic) bond motifs is 1. The molecule has 0 atom stereocenters. The van der Waals surface area contributed by atoms with Crippen LogP contribution in [0, 0.1) is 0 Å². The molecule has 2 aromatic carbocycles. The third kappa shape index (κ3) is 3.47. The molecule has 0 radical (unpaired) electrons. The van der Waals surface area contributed by atoms with Gasteiger partial charge in [-0.25, -0.2) is 4.98 Å². The zero-order chi connectivity index (χ0) is 18.9. The van der Waals surface area contributed by atoms with Crippen molar-refractivity contribution >= 4 is 16.9 Å². The van der Waals surface area contributed by atoms with Crippen LogP contribution in [0.25, 0.3) is 22.4 Å². The van der Waals surface area contributed by atoms with Gasteiger partial charge in [-0.05, 0) is 43.5 Å². The number of hydrogen-bond acceptors (Lipinski definition) is 3. The summed E-state index contributed by atoms with van der Waals surface area (Å²) in [6.45, 7) is 0.726. The van der Waals surface area contributed by atoms with Gasteiger partial charge in [0.2, 0.25) is 0 Å². The van der Waals surface area contributed by atoms with E-state index in [0.717, 1.165) is 61.1 Å². The van der Waals surface area contributed by atoms with Gasteiger partial charge in [0, 0.05) is 24.7 Å². The number of hydrogen-bond donors (Lipinski definition) is 2.